The van der Waals surface area contributed by atoms with Gasteiger partial charge in [-0.2, -0.15) is 0 Å². The quantitative estimate of drug-likeness (QED) is 0.686. The molecule has 4 heteroatoms. The Balaban J connectivity index is 2.69. The smallest absolute Gasteiger partial charge is 0.278 e. The highest BCUT2D eigenvalue weighted by Gasteiger charge is 2.07. The van der Waals surface area contributed by atoms with Crippen LogP contribution in [0.1, 0.15) is 11.1 Å². The fourth-order valence-corrected chi connectivity index (χ4v) is 2.33. The summed E-state index contributed by atoms with van der Waals surface area (Å²) in [5, 5.41) is 11.1. The molecule has 0 saturated heterocycles. The normalized spacial score (nSPS) is 11.4. The van der Waals surface area contributed by atoms with Gasteiger partial charge in [-0.3, -0.25) is 9.78 Å². The lowest BCUT2D eigenvalue weighted by molar-refractivity contribution is 0.478. The molecule has 3 rings (SSSR count). The fraction of sp³-hybridized carbons (Fsp3) is 0.0625. The molecule has 20 heavy (non-hydrogen) atoms. The molecule has 0 spiro atoms. The number of pyridine rings is 1. The second-order valence-corrected chi connectivity index (χ2v) is 4.59. The molecule has 1 N–H and O–H groups in total. The van der Waals surface area contributed by atoms with E-state index in [4.69, 9.17) is 5.11 Å². The van der Waals surface area contributed by atoms with E-state index in [0.717, 1.165) is 22.8 Å². The van der Waals surface area contributed by atoms with Crippen molar-refractivity contribution in [2.24, 2.45) is 0 Å². The zero-order valence-corrected chi connectivity index (χ0v) is 10.9. The van der Waals surface area contributed by atoms with E-state index in [1.165, 1.54) is 0 Å². The fourth-order valence-electron chi connectivity index (χ4n) is 2.33. The van der Waals surface area contributed by atoms with Gasteiger partial charge in [0.25, 0.3) is 5.56 Å². The zero-order valence-electron chi connectivity index (χ0n) is 10.9. The van der Waals surface area contributed by atoms with Gasteiger partial charge >= 0.3 is 0 Å². The van der Waals surface area contributed by atoms with Crippen LogP contribution in [0.4, 0.5) is 0 Å². The van der Waals surface area contributed by atoms with Crippen molar-refractivity contribution in [2.45, 2.75) is 6.92 Å². The third-order valence-electron chi connectivity index (χ3n) is 3.25. The van der Waals surface area contributed by atoms with Gasteiger partial charge in [0.05, 0.1) is 17.2 Å². The Morgan fingerprint density at radius 3 is 2.80 bits per heavy atom. The number of aromatic nitrogens is 2. The van der Waals surface area contributed by atoms with E-state index in [0.29, 0.717) is 16.3 Å². The van der Waals surface area contributed by atoms with Crippen LogP contribution in [0, 0.1) is 6.92 Å². The number of aliphatic hydroxyl groups excluding tert-OH is 1. The summed E-state index contributed by atoms with van der Waals surface area (Å²) < 4.78 is 0. The Morgan fingerprint density at radius 2 is 2.00 bits per heavy atom. The molecule has 4 nitrogen and oxygen atoms in total. The Hall–Kier alpha value is -2.75. The van der Waals surface area contributed by atoms with E-state index in [1.54, 1.807) is 24.5 Å². The molecule has 0 aliphatic heterocycles. The Morgan fingerprint density at radius 1 is 1.15 bits per heavy atom. The molecule has 0 atom stereocenters. The first kappa shape index (κ1) is 12.3. The van der Waals surface area contributed by atoms with Crippen molar-refractivity contribution in [3.05, 3.63) is 64.4 Å². The summed E-state index contributed by atoms with van der Waals surface area (Å²) in [6.07, 6.45) is 5.71. The molecule has 3 aromatic rings. The van der Waals surface area contributed by atoms with Crippen molar-refractivity contribution in [1.82, 2.24) is 9.97 Å². The van der Waals surface area contributed by atoms with Crippen molar-refractivity contribution in [2.75, 3.05) is 0 Å². The topological polar surface area (TPSA) is 63.1 Å². The lowest BCUT2D eigenvalue weighted by atomic mass is 10.0. The van der Waals surface area contributed by atoms with Gasteiger partial charge in [0, 0.05) is 23.2 Å². The zero-order chi connectivity index (χ0) is 14.1. The van der Waals surface area contributed by atoms with Crippen molar-refractivity contribution < 1.29 is 5.11 Å². The van der Waals surface area contributed by atoms with Crippen LogP contribution in [0.2, 0.25) is 0 Å². The molecular weight excluding hydrogens is 252 g/mol. The minimum atomic E-state index is -0.297. The molecule has 1 aromatic carbocycles. The number of aryl methyl sites for hydroxylation is 1. The predicted octanol–water partition coefficient (Wildman–Crippen LogP) is 2.98. The number of nitrogens with zero attached hydrogens (tertiary/aromatic N) is 2. The number of aliphatic hydroxyl groups is 1. The lowest BCUT2D eigenvalue weighted by Crippen LogP contribution is -2.01. The Kier molecular flexibility index (Phi) is 2.91. The van der Waals surface area contributed by atoms with Crippen LogP contribution >= 0.6 is 0 Å². The number of hydrogen-bond donors (Lipinski definition) is 1. The van der Waals surface area contributed by atoms with Gasteiger partial charge in [-0.15, -0.1) is 0 Å². The van der Waals surface area contributed by atoms with Gasteiger partial charge in [-0.25, -0.2) is 4.98 Å². The second-order valence-electron chi connectivity index (χ2n) is 4.59. The maximum absolute atomic E-state index is 12.2. The third-order valence-corrected chi connectivity index (χ3v) is 3.25. The van der Waals surface area contributed by atoms with E-state index in [1.807, 2.05) is 25.1 Å². The summed E-state index contributed by atoms with van der Waals surface area (Å²) in [4.78, 5) is 20.4. The van der Waals surface area contributed by atoms with Crippen LogP contribution in [0.25, 0.3) is 27.8 Å². The van der Waals surface area contributed by atoms with Gasteiger partial charge < -0.3 is 5.11 Å². The van der Waals surface area contributed by atoms with Crippen LogP contribution in [0.5, 0.6) is 0 Å². The van der Waals surface area contributed by atoms with E-state index in [9.17, 15) is 4.79 Å². The average Bonchev–Trinajstić information content (AvgIpc) is 2.57. The third kappa shape index (κ3) is 1.91. The van der Waals surface area contributed by atoms with E-state index < -0.39 is 0 Å². The minimum Gasteiger partial charge on any atom is -0.516 e. The summed E-state index contributed by atoms with van der Waals surface area (Å²) in [5.74, 6) is 0. The minimum absolute atomic E-state index is 0.297. The van der Waals surface area contributed by atoms with Gasteiger partial charge in [0.15, 0.2) is 0 Å². The van der Waals surface area contributed by atoms with Crippen molar-refractivity contribution >= 4 is 27.8 Å². The summed E-state index contributed by atoms with van der Waals surface area (Å²) in [5.41, 5.74) is 2.10. The lowest BCUT2D eigenvalue weighted by Gasteiger charge is -2.00. The molecule has 0 saturated carbocycles. The van der Waals surface area contributed by atoms with Crippen molar-refractivity contribution in [1.29, 1.82) is 0 Å². The first-order valence-corrected chi connectivity index (χ1v) is 6.20. The van der Waals surface area contributed by atoms with Gasteiger partial charge in [0.2, 0.25) is 0 Å². The van der Waals surface area contributed by atoms with Crippen molar-refractivity contribution in [3.63, 3.8) is 0 Å². The van der Waals surface area contributed by atoms with Gasteiger partial charge in [-0.05, 0) is 36.8 Å². The molecule has 0 aliphatic rings. The maximum Gasteiger partial charge on any atom is 0.278 e. The first-order chi connectivity index (χ1) is 9.70. The summed E-state index contributed by atoms with van der Waals surface area (Å²) >= 11 is 0. The van der Waals surface area contributed by atoms with Crippen LogP contribution in [0.15, 0.2) is 47.7 Å². The van der Waals surface area contributed by atoms with Gasteiger partial charge in [0.1, 0.15) is 0 Å². The van der Waals surface area contributed by atoms with E-state index in [-0.39, 0.29) is 5.56 Å². The van der Waals surface area contributed by atoms with Crippen LogP contribution in [0.3, 0.4) is 0 Å². The maximum atomic E-state index is 12.2. The molecular formula is C16H12N2O2. The molecule has 98 valence electrons. The van der Waals surface area contributed by atoms with E-state index in [2.05, 4.69) is 9.97 Å². The molecule has 0 unspecified atom stereocenters. The molecule has 0 fully saturated rings. The Bertz CT molecular complexity index is 902. The summed E-state index contributed by atoms with van der Waals surface area (Å²) in [7, 11) is 0. The van der Waals surface area contributed by atoms with Crippen LogP contribution in [-0.2, 0) is 0 Å². The first-order valence-electron chi connectivity index (χ1n) is 6.20. The molecule has 0 aliphatic carbocycles. The number of fused-ring (bicyclic) bond motifs is 2. The Labute approximate surface area is 115 Å². The molecule has 2 aromatic heterocycles. The number of hydrogen-bond acceptors (Lipinski definition) is 4. The molecule has 0 radical (unpaired) electrons. The highest BCUT2D eigenvalue weighted by atomic mass is 16.2. The van der Waals surface area contributed by atoms with Crippen molar-refractivity contribution in [3.8, 4) is 0 Å². The number of benzene rings is 1. The monoisotopic (exact) mass is 264 g/mol. The number of rotatable bonds is 1. The second kappa shape index (κ2) is 4.74. The summed E-state index contributed by atoms with van der Waals surface area (Å²) in [6, 6.07) is 7.31. The standard InChI is InChI=1S/C16H12N2O2/c1-10-2-3-15-13(8-10)11(5-7-19)14-9-17-6-4-12(14)16(20)18-15/h2-9,19H,1H3/b7-5-. The predicted molar refractivity (Wildman–Crippen MR) is 79.7 cm³/mol. The molecule has 2 heterocycles. The average molecular weight is 264 g/mol. The molecule has 0 amide bonds. The van der Waals surface area contributed by atoms with Gasteiger partial charge in [-0.1, -0.05) is 11.6 Å². The molecule has 0 bridgehead atoms. The largest absolute Gasteiger partial charge is 0.516 e. The highest BCUT2D eigenvalue weighted by Crippen LogP contribution is 2.24. The van der Waals surface area contributed by atoms with E-state index >= 15 is 0 Å². The summed E-state index contributed by atoms with van der Waals surface area (Å²) in [6.45, 7) is 1.97. The van der Waals surface area contributed by atoms with Crippen LogP contribution in [-0.4, -0.2) is 15.1 Å². The SMILES string of the molecule is Cc1ccc2nc(=O)c3ccncc3c(/C=C\O)c2c1. The van der Waals surface area contributed by atoms with Crippen LogP contribution < -0.4 is 5.56 Å². The highest BCUT2D eigenvalue weighted by molar-refractivity contribution is 6.00.